The van der Waals surface area contributed by atoms with Gasteiger partial charge >= 0.3 is 12.1 Å². The summed E-state index contributed by atoms with van der Waals surface area (Å²) in [6.07, 6.45) is 0.985. The number of nitrogens with one attached hydrogen (secondary N) is 2. The van der Waals surface area contributed by atoms with Crippen molar-refractivity contribution in [2.24, 2.45) is 5.92 Å². The first-order valence-corrected chi connectivity index (χ1v) is 13.2. The number of amides is 1. The molecule has 1 amide bonds. The van der Waals surface area contributed by atoms with Crippen molar-refractivity contribution in [3.8, 4) is 0 Å². The highest BCUT2D eigenvalue weighted by atomic mass is 19.1. The monoisotopic (exact) mass is 542 g/mol. The number of carbonyl (C=O) groups is 4. The van der Waals surface area contributed by atoms with Crippen LogP contribution >= 0.6 is 0 Å². The van der Waals surface area contributed by atoms with Crippen molar-refractivity contribution in [3.63, 3.8) is 0 Å². The number of Topliss-reactive ketones (excluding diaryl/α,β-unsaturated/α-hetero) is 2. The Morgan fingerprint density at radius 1 is 1.10 bits per heavy atom. The van der Waals surface area contributed by atoms with E-state index in [1.807, 2.05) is 6.92 Å². The van der Waals surface area contributed by atoms with Gasteiger partial charge in [-0.25, -0.2) is 19.2 Å². The van der Waals surface area contributed by atoms with Crippen LogP contribution in [0.3, 0.4) is 0 Å². The Labute approximate surface area is 226 Å². The fraction of sp³-hybridized carbons (Fsp3) is 0.571. The number of hydrogen-bond acceptors (Lipinski definition) is 9. The van der Waals surface area contributed by atoms with E-state index in [2.05, 4.69) is 20.6 Å². The number of aryl methyl sites for hydroxylation is 1. The van der Waals surface area contributed by atoms with Gasteiger partial charge in [0.1, 0.15) is 34.2 Å². The van der Waals surface area contributed by atoms with Gasteiger partial charge < -0.3 is 20.1 Å². The van der Waals surface area contributed by atoms with Crippen LogP contribution in [0.25, 0.3) is 11.0 Å². The molecule has 0 bridgehead atoms. The number of ether oxygens (including phenoxy) is 2. The zero-order valence-electron chi connectivity index (χ0n) is 23.2. The van der Waals surface area contributed by atoms with E-state index in [-0.39, 0.29) is 36.1 Å². The van der Waals surface area contributed by atoms with E-state index in [4.69, 9.17) is 9.47 Å². The first kappa shape index (κ1) is 28.4. The second-order valence-corrected chi connectivity index (χ2v) is 11.6. The molecule has 210 valence electrons. The molecule has 0 aliphatic heterocycles. The van der Waals surface area contributed by atoms with E-state index in [0.717, 1.165) is 18.9 Å². The number of nitrogens with zero attached hydrogens (tertiary/aromatic N) is 2. The number of ketones is 2. The normalized spacial score (nSPS) is 17.6. The van der Waals surface area contributed by atoms with Gasteiger partial charge in [-0.05, 0) is 79.4 Å². The molecule has 39 heavy (non-hydrogen) atoms. The molecule has 2 saturated carbocycles. The third kappa shape index (κ3) is 6.34. The van der Waals surface area contributed by atoms with Gasteiger partial charge in [-0.1, -0.05) is 0 Å². The molecule has 2 aliphatic rings. The van der Waals surface area contributed by atoms with Crippen LogP contribution in [-0.4, -0.2) is 56.9 Å². The minimum absolute atomic E-state index is 0.0233. The molecule has 0 spiro atoms. The van der Waals surface area contributed by atoms with Gasteiger partial charge in [0.25, 0.3) is 0 Å². The second kappa shape index (κ2) is 10.2. The molecule has 1 atom stereocenters. The summed E-state index contributed by atoms with van der Waals surface area (Å²) in [5.41, 5.74) is -1.68. The van der Waals surface area contributed by atoms with E-state index in [0.29, 0.717) is 17.0 Å². The summed E-state index contributed by atoms with van der Waals surface area (Å²) >= 11 is 0. The summed E-state index contributed by atoms with van der Waals surface area (Å²) < 4.78 is 25.5. The van der Waals surface area contributed by atoms with E-state index in [1.54, 1.807) is 34.6 Å². The summed E-state index contributed by atoms with van der Waals surface area (Å²) in [5.74, 6) is -4.33. The molecule has 2 N–H and O–H groups in total. The van der Waals surface area contributed by atoms with Crippen molar-refractivity contribution in [1.29, 1.82) is 0 Å². The average molecular weight is 543 g/mol. The molecule has 2 aliphatic carbocycles. The molecule has 10 nitrogen and oxygen atoms in total. The molecule has 11 heteroatoms. The lowest BCUT2D eigenvalue weighted by Crippen LogP contribution is -2.49. The van der Waals surface area contributed by atoms with Crippen LogP contribution in [-0.2, 0) is 19.1 Å². The second-order valence-electron chi connectivity index (χ2n) is 11.6. The van der Waals surface area contributed by atoms with Crippen molar-refractivity contribution in [3.05, 3.63) is 29.2 Å². The maximum atomic E-state index is 15.1. The number of halogens is 1. The van der Waals surface area contributed by atoms with Crippen LogP contribution in [0.1, 0.15) is 82.8 Å². The van der Waals surface area contributed by atoms with E-state index in [1.165, 1.54) is 6.07 Å². The summed E-state index contributed by atoms with van der Waals surface area (Å²) in [7, 11) is 0. The molecule has 1 aromatic carbocycles. The highest BCUT2D eigenvalue weighted by Crippen LogP contribution is 2.41. The lowest BCUT2D eigenvalue weighted by molar-refractivity contribution is -0.152. The SMILES string of the molecule is CCOC(=O)C(CC(=O)c1c(F)ccc2nc(C)c(NC3(C)CC3)nc12)C(=O)C1(NC(=O)OC(C)(C)C)CC1. The predicted octanol–water partition coefficient (Wildman–Crippen LogP) is 4.42. The largest absolute Gasteiger partial charge is 0.465 e. The number of fused-ring (bicyclic) bond motifs is 1. The number of esters is 1. The first-order chi connectivity index (χ1) is 18.2. The Balaban J connectivity index is 1.64. The van der Waals surface area contributed by atoms with Crippen molar-refractivity contribution < 1.29 is 33.0 Å². The number of anilines is 1. The summed E-state index contributed by atoms with van der Waals surface area (Å²) in [5, 5.41) is 5.87. The molecule has 2 aromatic rings. The fourth-order valence-electron chi connectivity index (χ4n) is 4.37. The number of benzene rings is 1. The van der Waals surface area contributed by atoms with E-state index >= 15 is 4.39 Å². The van der Waals surface area contributed by atoms with Crippen molar-refractivity contribution in [2.75, 3.05) is 11.9 Å². The minimum Gasteiger partial charge on any atom is -0.465 e. The lowest BCUT2D eigenvalue weighted by Gasteiger charge is -2.25. The van der Waals surface area contributed by atoms with Crippen LogP contribution in [0.15, 0.2) is 12.1 Å². The molecule has 1 aromatic heterocycles. The third-order valence-corrected chi connectivity index (χ3v) is 6.90. The Bertz CT molecular complexity index is 1340. The quantitative estimate of drug-likeness (QED) is 0.254. The zero-order chi connectivity index (χ0) is 28.8. The highest BCUT2D eigenvalue weighted by molar-refractivity contribution is 6.13. The maximum absolute atomic E-state index is 15.1. The highest BCUT2D eigenvalue weighted by Gasteiger charge is 2.55. The first-order valence-electron chi connectivity index (χ1n) is 13.2. The summed E-state index contributed by atoms with van der Waals surface area (Å²) in [6, 6.07) is 2.55. The molecule has 1 heterocycles. The predicted molar refractivity (Wildman–Crippen MR) is 141 cm³/mol. The molecule has 0 saturated heterocycles. The summed E-state index contributed by atoms with van der Waals surface area (Å²) in [6.45, 7) is 10.4. The van der Waals surface area contributed by atoms with Crippen LogP contribution in [0.2, 0.25) is 0 Å². The molecule has 2 fully saturated rings. The number of rotatable bonds is 10. The Morgan fingerprint density at radius 3 is 2.33 bits per heavy atom. The van der Waals surface area contributed by atoms with Gasteiger partial charge in [0, 0.05) is 12.0 Å². The zero-order valence-corrected chi connectivity index (χ0v) is 23.2. The fourth-order valence-corrected chi connectivity index (χ4v) is 4.37. The van der Waals surface area contributed by atoms with Gasteiger partial charge in [0.05, 0.1) is 23.4 Å². The number of alkyl carbamates (subject to hydrolysis) is 1. The van der Waals surface area contributed by atoms with Gasteiger partial charge in [-0.3, -0.25) is 14.4 Å². The van der Waals surface area contributed by atoms with E-state index < -0.39 is 52.9 Å². The van der Waals surface area contributed by atoms with Gasteiger partial charge in [0.15, 0.2) is 11.6 Å². The molecular formula is C28H35FN4O6. The molecule has 1 unspecified atom stereocenters. The summed E-state index contributed by atoms with van der Waals surface area (Å²) in [4.78, 5) is 61.4. The Morgan fingerprint density at radius 2 is 1.77 bits per heavy atom. The van der Waals surface area contributed by atoms with Crippen LogP contribution < -0.4 is 10.6 Å². The minimum atomic E-state index is -1.55. The van der Waals surface area contributed by atoms with Crippen molar-refractivity contribution in [2.45, 2.75) is 90.3 Å². The van der Waals surface area contributed by atoms with Crippen LogP contribution in [0.5, 0.6) is 0 Å². The lowest BCUT2D eigenvalue weighted by atomic mass is 9.89. The average Bonchev–Trinajstić information content (AvgIpc) is 3.75. The maximum Gasteiger partial charge on any atom is 0.408 e. The number of carbonyl (C=O) groups excluding carboxylic acids is 4. The van der Waals surface area contributed by atoms with Crippen LogP contribution in [0, 0.1) is 18.7 Å². The molecule has 4 rings (SSSR count). The van der Waals surface area contributed by atoms with Gasteiger partial charge in [-0.15, -0.1) is 0 Å². The number of aromatic nitrogens is 2. The third-order valence-electron chi connectivity index (χ3n) is 6.90. The standard InChI is InChI=1S/C28H35FN4O6/c1-7-38-24(36)16(22(35)28(12-13-28)33-25(37)39-26(3,4)5)14-19(34)20-17(29)8-9-18-21(20)31-23(15(2)30-18)32-27(6)10-11-27/h8-9,16H,7,10-14H2,1-6H3,(H,31,32)(H,33,37). The topological polar surface area (TPSA) is 137 Å². The van der Waals surface area contributed by atoms with E-state index in [9.17, 15) is 19.2 Å². The van der Waals surface area contributed by atoms with Gasteiger partial charge in [0.2, 0.25) is 0 Å². The van der Waals surface area contributed by atoms with Crippen molar-refractivity contribution in [1.82, 2.24) is 15.3 Å². The Hall–Kier alpha value is -3.63. The smallest absolute Gasteiger partial charge is 0.408 e. The van der Waals surface area contributed by atoms with Crippen LogP contribution in [0.4, 0.5) is 15.0 Å². The molecule has 0 radical (unpaired) electrons. The molecular weight excluding hydrogens is 507 g/mol. The Kier molecular flexibility index (Phi) is 7.39. The number of hydrogen-bond donors (Lipinski definition) is 2. The van der Waals surface area contributed by atoms with Gasteiger partial charge in [-0.2, -0.15) is 0 Å². The van der Waals surface area contributed by atoms with Crippen molar-refractivity contribution >= 4 is 40.5 Å².